The number of rotatable bonds is 4. The van der Waals surface area contributed by atoms with E-state index in [1.807, 2.05) is 6.92 Å². The minimum Gasteiger partial charge on any atom is -0.316 e. The van der Waals surface area contributed by atoms with Crippen LogP contribution in [-0.4, -0.2) is 32.4 Å². The summed E-state index contributed by atoms with van der Waals surface area (Å²) in [6, 6.07) is 3.95. The van der Waals surface area contributed by atoms with E-state index in [1.54, 1.807) is 13.1 Å². The SMILES string of the molecule is CNCc1ccc(F)cc1S(=O)(=O)N1CCCCCC1C. The average molecular weight is 314 g/mol. The average Bonchev–Trinajstić information content (AvgIpc) is 2.66. The maximum atomic E-state index is 13.6. The normalized spacial score (nSPS) is 21.2. The van der Waals surface area contributed by atoms with Gasteiger partial charge in [-0.05, 0) is 44.5 Å². The molecule has 1 fully saturated rings. The third kappa shape index (κ3) is 3.62. The zero-order valence-corrected chi connectivity index (χ0v) is 13.4. The van der Waals surface area contributed by atoms with Crippen LogP contribution in [0.1, 0.15) is 38.2 Å². The van der Waals surface area contributed by atoms with Gasteiger partial charge in [0.1, 0.15) is 5.82 Å². The Kier molecular flexibility index (Phi) is 5.35. The Morgan fingerprint density at radius 3 is 2.81 bits per heavy atom. The molecular formula is C15H23FN2O2S. The molecule has 1 aliphatic rings. The van der Waals surface area contributed by atoms with Crippen LogP contribution in [0.15, 0.2) is 23.1 Å². The lowest BCUT2D eigenvalue weighted by molar-refractivity contribution is 0.341. The third-order valence-electron chi connectivity index (χ3n) is 3.98. The molecule has 1 aromatic rings. The molecule has 0 saturated carbocycles. The topological polar surface area (TPSA) is 49.4 Å². The van der Waals surface area contributed by atoms with E-state index in [9.17, 15) is 12.8 Å². The van der Waals surface area contributed by atoms with Crippen LogP contribution >= 0.6 is 0 Å². The highest BCUT2D eigenvalue weighted by Gasteiger charge is 2.31. The second-order valence-electron chi connectivity index (χ2n) is 5.60. The number of nitrogens with one attached hydrogen (secondary N) is 1. The molecule has 1 atom stereocenters. The van der Waals surface area contributed by atoms with Gasteiger partial charge in [-0.15, -0.1) is 0 Å². The molecule has 118 valence electrons. The maximum absolute atomic E-state index is 13.6. The molecule has 1 aliphatic heterocycles. The van der Waals surface area contributed by atoms with Crippen molar-refractivity contribution in [3.8, 4) is 0 Å². The fourth-order valence-electron chi connectivity index (χ4n) is 2.84. The third-order valence-corrected chi connectivity index (χ3v) is 6.07. The predicted molar refractivity (Wildman–Crippen MR) is 81.0 cm³/mol. The molecule has 0 radical (unpaired) electrons. The second kappa shape index (κ2) is 6.85. The van der Waals surface area contributed by atoms with Gasteiger partial charge in [0, 0.05) is 19.1 Å². The molecule has 1 N–H and O–H groups in total. The first-order valence-electron chi connectivity index (χ1n) is 7.41. The molecule has 1 saturated heterocycles. The lowest BCUT2D eigenvalue weighted by Gasteiger charge is -2.27. The number of nitrogens with zero attached hydrogens (tertiary/aromatic N) is 1. The van der Waals surface area contributed by atoms with Crippen molar-refractivity contribution in [2.24, 2.45) is 0 Å². The van der Waals surface area contributed by atoms with Gasteiger partial charge >= 0.3 is 0 Å². The van der Waals surface area contributed by atoms with E-state index in [-0.39, 0.29) is 10.9 Å². The van der Waals surface area contributed by atoms with Crippen LogP contribution in [0.3, 0.4) is 0 Å². The van der Waals surface area contributed by atoms with E-state index in [0.29, 0.717) is 18.7 Å². The second-order valence-corrected chi connectivity index (χ2v) is 7.46. The zero-order valence-electron chi connectivity index (χ0n) is 12.6. The van der Waals surface area contributed by atoms with Crippen LogP contribution in [0.4, 0.5) is 4.39 Å². The van der Waals surface area contributed by atoms with Crippen molar-refractivity contribution in [1.82, 2.24) is 9.62 Å². The van der Waals surface area contributed by atoms with Crippen LogP contribution in [0, 0.1) is 5.82 Å². The summed E-state index contributed by atoms with van der Waals surface area (Å²) in [5, 5.41) is 2.94. The van der Waals surface area contributed by atoms with Crippen LogP contribution in [0.5, 0.6) is 0 Å². The molecule has 21 heavy (non-hydrogen) atoms. The first kappa shape index (κ1) is 16.4. The number of hydrogen-bond donors (Lipinski definition) is 1. The van der Waals surface area contributed by atoms with Crippen molar-refractivity contribution in [3.63, 3.8) is 0 Å². The van der Waals surface area contributed by atoms with Crippen LogP contribution < -0.4 is 5.32 Å². The fourth-order valence-corrected chi connectivity index (χ4v) is 4.77. The standard InChI is InChI=1S/C15H23FN2O2S/c1-12-6-4-3-5-9-18(12)21(19,20)15-10-14(16)8-7-13(15)11-17-2/h7-8,10,12,17H,3-6,9,11H2,1-2H3. The first-order valence-corrected chi connectivity index (χ1v) is 8.85. The van der Waals surface area contributed by atoms with Gasteiger partial charge < -0.3 is 5.32 Å². The highest BCUT2D eigenvalue weighted by molar-refractivity contribution is 7.89. The van der Waals surface area contributed by atoms with E-state index in [1.165, 1.54) is 10.4 Å². The van der Waals surface area contributed by atoms with Gasteiger partial charge in [-0.25, -0.2) is 12.8 Å². The van der Waals surface area contributed by atoms with Crippen LogP contribution in [0.25, 0.3) is 0 Å². The number of hydrogen-bond acceptors (Lipinski definition) is 3. The Morgan fingerprint density at radius 1 is 1.33 bits per heavy atom. The van der Waals surface area contributed by atoms with Gasteiger partial charge in [0.2, 0.25) is 10.0 Å². The lowest BCUT2D eigenvalue weighted by Crippen LogP contribution is -2.38. The molecule has 1 heterocycles. The van der Waals surface area contributed by atoms with Crippen LogP contribution in [0.2, 0.25) is 0 Å². The number of benzene rings is 1. The summed E-state index contributed by atoms with van der Waals surface area (Å²) in [5.41, 5.74) is 0.607. The van der Waals surface area contributed by atoms with Gasteiger partial charge in [-0.1, -0.05) is 18.9 Å². The van der Waals surface area contributed by atoms with E-state index in [4.69, 9.17) is 0 Å². The summed E-state index contributed by atoms with van der Waals surface area (Å²) in [6.07, 6.45) is 3.80. The quantitative estimate of drug-likeness (QED) is 0.929. The van der Waals surface area contributed by atoms with Crippen molar-refractivity contribution in [1.29, 1.82) is 0 Å². The molecule has 0 amide bonds. The van der Waals surface area contributed by atoms with Gasteiger partial charge in [0.15, 0.2) is 0 Å². The van der Waals surface area contributed by atoms with Gasteiger partial charge in [0.25, 0.3) is 0 Å². The highest BCUT2D eigenvalue weighted by atomic mass is 32.2. The lowest BCUT2D eigenvalue weighted by atomic mass is 10.1. The molecule has 4 nitrogen and oxygen atoms in total. The fraction of sp³-hybridized carbons (Fsp3) is 0.600. The van der Waals surface area contributed by atoms with Gasteiger partial charge in [-0.3, -0.25) is 0 Å². The van der Waals surface area contributed by atoms with E-state index >= 15 is 0 Å². The minimum atomic E-state index is -3.66. The van der Waals surface area contributed by atoms with E-state index < -0.39 is 15.8 Å². The van der Waals surface area contributed by atoms with E-state index in [2.05, 4.69) is 5.32 Å². The molecule has 1 aromatic carbocycles. The Bertz CT molecular complexity index is 589. The molecule has 1 unspecified atom stereocenters. The Hall–Kier alpha value is -0.980. The summed E-state index contributed by atoms with van der Waals surface area (Å²) in [4.78, 5) is 0.0885. The molecule has 6 heteroatoms. The first-order chi connectivity index (χ1) is 9.96. The Labute approximate surface area is 126 Å². The zero-order chi connectivity index (χ0) is 15.5. The van der Waals surface area contributed by atoms with Crippen molar-refractivity contribution in [3.05, 3.63) is 29.6 Å². The molecule has 2 rings (SSSR count). The predicted octanol–water partition coefficient (Wildman–Crippen LogP) is 2.50. The largest absolute Gasteiger partial charge is 0.316 e. The molecular weight excluding hydrogens is 291 g/mol. The smallest absolute Gasteiger partial charge is 0.243 e. The number of halogens is 1. The van der Waals surface area contributed by atoms with Gasteiger partial charge in [0.05, 0.1) is 4.90 Å². The highest BCUT2D eigenvalue weighted by Crippen LogP contribution is 2.27. The van der Waals surface area contributed by atoms with Gasteiger partial charge in [-0.2, -0.15) is 4.31 Å². The monoisotopic (exact) mass is 314 g/mol. The van der Waals surface area contributed by atoms with Crippen LogP contribution in [-0.2, 0) is 16.6 Å². The Morgan fingerprint density at radius 2 is 2.10 bits per heavy atom. The molecule has 0 aliphatic carbocycles. The van der Waals surface area contributed by atoms with Crippen molar-refractivity contribution in [2.75, 3.05) is 13.6 Å². The van der Waals surface area contributed by atoms with Crippen molar-refractivity contribution in [2.45, 2.75) is 50.1 Å². The molecule has 0 spiro atoms. The minimum absolute atomic E-state index is 0.0387. The van der Waals surface area contributed by atoms with E-state index in [0.717, 1.165) is 31.7 Å². The summed E-state index contributed by atoms with van der Waals surface area (Å²) in [7, 11) is -1.91. The summed E-state index contributed by atoms with van der Waals surface area (Å²) in [6.45, 7) is 2.84. The maximum Gasteiger partial charge on any atom is 0.243 e. The molecule has 0 aromatic heterocycles. The summed E-state index contributed by atoms with van der Waals surface area (Å²) in [5.74, 6) is -0.518. The van der Waals surface area contributed by atoms with Crippen molar-refractivity contribution >= 4 is 10.0 Å². The summed E-state index contributed by atoms with van der Waals surface area (Å²) < 4.78 is 41.0. The molecule has 0 bridgehead atoms. The van der Waals surface area contributed by atoms with Crippen molar-refractivity contribution < 1.29 is 12.8 Å². The summed E-state index contributed by atoms with van der Waals surface area (Å²) >= 11 is 0. The number of sulfonamides is 1. The Balaban J connectivity index is 2.44.